The van der Waals surface area contributed by atoms with Crippen molar-refractivity contribution in [3.63, 3.8) is 0 Å². The average Bonchev–Trinajstić information content (AvgIpc) is 3.25. The summed E-state index contributed by atoms with van der Waals surface area (Å²) in [5, 5.41) is 0. The Kier molecular flexibility index (Phi) is 7.57. The molecule has 41 heavy (non-hydrogen) atoms. The zero-order valence-corrected chi connectivity index (χ0v) is 23.4. The van der Waals surface area contributed by atoms with Crippen LogP contribution in [-0.2, 0) is 33.8 Å². The highest BCUT2D eigenvalue weighted by molar-refractivity contribution is 5.64. The van der Waals surface area contributed by atoms with Gasteiger partial charge in [0.1, 0.15) is 25.1 Å². The second kappa shape index (κ2) is 11.4. The number of rotatable bonds is 6. The molecule has 3 aliphatic carbocycles. The molecule has 0 heterocycles. The van der Waals surface area contributed by atoms with E-state index in [-0.39, 0.29) is 24.7 Å². The molecule has 3 aromatic carbocycles. The van der Waals surface area contributed by atoms with E-state index in [0.717, 1.165) is 48.8 Å². The van der Waals surface area contributed by atoms with E-state index in [9.17, 15) is 9.59 Å². The third kappa shape index (κ3) is 5.61. The number of hydrogen-bond donors (Lipinski definition) is 0. The summed E-state index contributed by atoms with van der Waals surface area (Å²) in [6.45, 7) is 7.09. The molecule has 212 valence electrons. The molecule has 0 saturated heterocycles. The molecule has 2 fully saturated rings. The van der Waals surface area contributed by atoms with E-state index < -0.39 is 12.3 Å². The standard InChI is InChI=1S/C35H36O6/c1-23-32(41-34(37)39-22-25-11-7-4-8-12-25)20-31-30-15-13-26-19-27(14-16-28(26)29(30)17-18-35(23,31)2)40-33(36)38-21-24-9-5-3-6-10-24/h3-12,14,16,19,29-32H,1,13,15,17-18,20-22H2,2H3/t29-,30-,31+,32-,35-/m1/s1. The smallest absolute Gasteiger partial charge is 0.429 e. The quantitative estimate of drug-likeness (QED) is 0.175. The molecular formula is C35H36O6. The fourth-order valence-corrected chi connectivity index (χ4v) is 7.34. The molecule has 0 bridgehead atoms. The molecule has 2 saturated carbocycles. The lowest BCUT2D eigenvalue weighted by Crippen LogP contribution is -2.40. The molecule has 3 aliphatic rings. The van der Waals surface area contributed by atoms with Crippen molar-refractivity contribution in [2.24, 2.45) is 17.3 Å². The van der Waals surface area contributed by atoms with Crippen LogP contribution in [0.4, 0.5) is 9.59 Å². The van der Waals surface area contributed by atoms with Crippen LogP contribution >= 0.6 is 0 Å². The van der Waals surface area contributed by atoms with Crippen LogP contribution in [0.3, 0.4) is 0 Å². The van der Waals surface area contributed by atoms with Crippen molar-refractivity contribution in [3.05, 3.63) is 113 Å². The Balaban J connectivity index is 1.08. The van der Waals surface area contributed by atoms with Crippen molar-refractivity contribution in [3.8, 4) is 5.75 Å². The third-order valence-electron chi connectivity index (χ3n) is 9.52. The molecule has 6 nitrogen and oxygen atoms in total. The summed E-state index contributed by atoms with van der Waals surface area (Å²) in [4.78, 5) is 24.9. The molecule has 0 N–H and O–H groups in total. The van der Waals surface area contributed by atoms with E-state index in [1.54, 1.807) is 0 Å². The lowest BCUT2D eigenvalue weighted by molar-refractivity contribution is 0.0267. The summed E-state index contributed by atoms with van der Waals surface area (Å²) >= 11 is 0. The molecule has 0 amide bonds. The second-order valence-electron chi connectivity index (χ2n) is 11.8. The largest absolute Gasteiger partial charge is 0.514 e. The van der Waals surface area contributed by atoms with Gasteiger partial charge in [-0.2, -0.15) is 0 Å². The van der Waals surface area contributed by atoms with E-state index >= 15 is 0 Å². The lowest BCUT2D eigenvalue weighted by Gasteiger charge is -2.49. The number of carbonyl (C=O) groups excluding carboxylic acids is 2. The van der Waals surface area contributed by atoms with Gasteiger partial charge in [0.05, 0.1) is 0 Å². The minimum Gasteiger partial charge on any atom is -0.429 e. The highest BCUT2D eigenvalue weighted by atomic mass is 16.7. The van der Waals surface area contributed by atoms with Crippen LogP contribution in [0.5, 0.6) is 5.75 Å². The number of ether oxygens (including phenoxy) is 4. The van der Waals surface area contributed by atoms with Gasteiger partial charge in [-0.1, -0.05) is 80.2 Å². The van der Waals surface area contributed by atoms with Crippen molar-refractivity contribution in [2.45, 2.75) is 64.3 Å². The molecule has 0 spiro atoms. The van der Waals surface area contributed by atoms with Crippen LogP contribution in [-0.4, -0.2) is 18.4 Å². The molecule has 0 radical (unpaired) electrons. The predicted molar refractivity (Wildman–Crippen MR) is 154 cm³/mol. The Hall–Kier alpha value is -4.06. The first kappa shape index (κ1) is 27.1. The number of fused-ring (bicyclic) bond motifs is 5. The molecule has 0 unspecified atom stereocenters. The molecule has 0 aliphatic heterocycles. The minimum atomic E-state index is -0.700. The van der Waals surface area contributed by atoms with Gasteiger partial charge < -0.3 is 18.9 Å². The summed E-state index contributed by atoms with van der Waals surface area (Å²) in [6.07, 6.45) is 3.12. The Morgan fingerprint density at radius 3 is 2.22 bits per heavy atom. The highest BCUT2D eigenvalue weighted by Crippen LogP contribution is 2.63. The first-order valence-corrected chi connectivity index (χ1v) is 14.5. The maximum absolute atomic E-state index is 12.6. The Labute approximate surface area is 241 Å². The van der Waals surface area contributed by atoms with Gasteiger partial charge in [0, 0.05) is 0 Å². The van der Waals surface area contributed by atoms with Crippen molar-refractivity contribution in [2.75, 3.05) is 0 Å². The second-order valence-corrected chi connectivity index (χ2v) is 11.8. The van der Waals surface area contributed by atoms with Crippen LogP contribution < -0.4 is 4.74 Å². The van der Waals surface area contributed by atoms with Gasteiger partial charge in [0.25, 0.3) is 0 Å². The first-order chi connectivity index (χ1) is 19.9. The van der Waals surface area contributed by atoms with Crippen LogP contribution in [0.2, 0.25) is 0 Å². The van der Waals surface area contributed by atoms with Crippen molar-refractivity contribution in [1.29, 1.82) is 0 Å². The normalized spacial score (nSPS) is 26.2. The Bertz CT molecular complexity index is 1420. The van der Waals surface area contributed by atoms with Gasteiger partial charge >= 0.3 is 12.3 Å². The van der Waals surface area contributed by atoms with Crippen molar-refractivity contribution < 1.29 is 28.5 Å². The lowest BCUT2D eigenvalue weighted by atomic mass is 9.55. The SMILES string of the molecule is C=C1[C@H](OC(=O)OCc2ccccc2)C[C@H]2[C@@H]3CCc4cc(OC(=O)OCc5ccccc5)ccc4[C@H]3CC[C@]12C. The van der Waals surface area contributed by atoms with Crippen LogP contribution in [0, 0.1) is 17.3 Å². The molecule has 6 heteroatoms. The van der Waals surface area contributed by atoms with Gasteiger partial charge in [-0.25, -0.2) is 9.59 Å². The number of carbonyl (C=O) groups is 2. The number of aryl methyl sites for hydroxylation is 1. The molecule has 5 atom stereocenters. The zero-order chi connectivity index (χ0) is 28.4. The molecule has 6 rings (SSSR count). The summed E-state index contributed by atoms with van der Waals surface area (Å²) < 4.78 is 22.0. The number of hydrogen-bond acceptors (Lipinski definition) is 6. The third-order valence-corrected chi connectivity index (χ3v) is 9.52. The fourth-order valence-electron chi connectivity index (χ4n) is 7.34. The zero-order valence-electron chi connectivity index (χ0n) is 23.4. The maximum Gasteiger partial charge on any atom is 0.514 e. The van der Waals surface area contributed by atoms with Crippen LogP contribution in [0.15, 0.2) is 91.0 Å². The minimum absolute atomic E-state index is 0.0609. The van der Waals surface area contributed by atoms with Crippen molar-refractivity contribution >= 4 is 12.3 Å². The summed E-state index contributed by atoms with van der Waals surface area (Å²) in [7, 11) is 0. The van der Waals surface area contributed by atoms with Gasteiger partial charge in [-0.15, -0.1) is 0 Å². The van der Waals surface area contributed by atoms with E-state index in [4.69, 9.17) is 18.9 Å². The Morgan fingerprint density at radius 1 is 0.878 bits per heavy atom. The van der Waals surface area contributed by atoms with Gasteiger partial charge in [-0.3, -0.25) is 0 Å². The number of benzene rings is 3. The van der Waals surface area contributed by atoms with E-state index in [2.05, 4.69) is 19.6 Å². The predicted octanol–water partition coefficient (Wildman–Crippen LogP) is 8.15. The summed E-state index contributed by atoms with van der Waals surface area (Å²) in [6, 6.07) is 25.1. The monoisotopic (exact) mass is 552 g/mol. The summed E-state index contributed by atoms with van der Waals surface area (Å²) in [5.41, 5.74) is 5.37. The van der Waals surface area contributed by atoms with E-state index in [1.807, 2.05) is 72.8 Å². The van der Waals surface area contributed by atoms with Crippen LogP contribution in [0.25, 0.3) is 0 Å². The maximum atomic E-state index is 12.6. The van der Waals surface area contributed by atoms with E-state index in [1.165, 1.54) is 11.1 Å². The van der Waals surface area contributed by atoms with E-state index in [0.29, 0.717) is 23.5 Å². The van der Waals surface area contributed by atoms with Gasteiger partial charge in [0.2, 0.25) is 0 Å². The topological polar surface area (TPSA) is 71.1 Å². The summed E-state index contributed by atoms with van der Waals surface area (Å²) in [5.74, 6) is 1.80. The van der Waals surface area contributed by atoms with Crippen LogP contribution in [0.1, 0.15) is 60.8 Å². The average molecular weight is 553 g/mol. The highest BCUT2D eigenvalue weighted by Gasteiger charge is 2.56. The first-order valence-electron chi connectivity index (χ1n) is 14.5. The fraction of sp³-hybridized carbons (Fsp3) is 0.371. The molecule has 0 aromatic heterocycles. The van der Waals surface area contributed by atoms with Gasteiger partial charge in [-0.05, 0) is 95.2 Å². The van der Waals surface area contributed by atoms with Crippen molar-refractivity contribution in [1.82, 2.24) is 0 Å². The molecular weight excluding hydrogens is 516 g/mol. The molecule has 3 aromatic rings. The Morgan fingerprint density at radius 2 is 1.54 bits per heavy atom. The van der Waals surface area contributed by atoms with Gasteiger partial charge in [0.15, 0.2) is 0 Å².